The first kappa shape index (κ1) is 23.3. The summed E-state index contributed by atoms with van der Waals surface area (Å²) in [6, 6.07) is 7.56. The van der Waals surface area contributed by atoms with Gasteiger partial charge in [-0.15, -0.1) is 0 Å². The van der Waals surface area contributed by atoms with E-state index in [9.17, 15) is 22.8 Å². The molecule has 1 N–H and O–H groups in total. The van der Waals surface area contributed by atoms with Crippen LogP contribution in [-0.4, -0.2) is 38.2 Å². The Bertz CT molecular complexity index is 1020. The van der Waals surface area contributed by atoms with Crippen molar-refractivity contribution in [2.75, 3.05) is 6.54 Å². The quantitative estimate of drug-likeness (QED) is 0.712. The zero-order chi connectivity index (χ0) is 23.8. The number of carboxylic acid groups (broad SMARTS) is 1. The van der Waals surface area contributed by atoms with Crippen LogP contribution in [0.5, 0.6) is 0 Å². The van der Waals surface area contributed by atoms with Crippen LogP contribution >= 0.6 is 0 Å². The maximum absolute atomic E-state index is 13.6. The van der Waals surface area contributed by atoms with Crippen molar-refractivity contribution in [3.05, 3.63) is 52.3 Å². The number of carboxylic acids is 1. The number of nitrogens with zero attached hydrogens (tertiary/aromatic N) is 3. The molecule has 2 aliphatic rings. The van der Waals surface area contributed by atoms with Crippen LogP contribution in [0.25, 0.3) is 0 Å². The van der Waals surface area contributed by atoms with Crippen LogP contribution < -0.4 is 0 Å². The van der Waals surface area contributed by atoms with E-state index in [1.54, 1.807) is 4.90 Å². The Labute approximate surface area is 190 Å². The minimum atomic E-state index is -4.54. The Balaban J connectivity index is 1.49. The Morgan fingerprint density at radius 1 is 1.12 bits per heavy atom. The minimum Gasteiger partial charge on any atom is -0.481 e. The Kier molecular flexibility index (Phi) is 6.50. The molecule has 178 valence electrons. The molecule has 1 aliphatic carbocycles. The molecule has 1 fully saturated rings. The van der Waals surface area contributed by atoms with Crippen molar-refractivity contribution >= 4 is 11.9 Å². The monoisotopic (exact) mass is 463 g/mol. The van der Waals surface area contributed by atoms with E-state index in [4.69, 9.17) is 5.11 Å². The Morgan fingerprint density at radius 3 is 2.39 bits per heavy atom. The first-order valence-corrected chi connectivity index (χ1v) is 11.3. The highest BCUT2D eigenvalue weighted by atomic mass is 19.4. The number of fused-ring (bicyclic) bond motifs is 1. The van der Waals surface area contributed by atoms with Gasteiger partial charge in [-0.05, 0) is 50.5 Å². The number of alkyl halides is 3. The number of carbonyl (C=O) groups is 2. The predicted molar refractivity (Wildman–Crippen MR) is 114 cm³/mol. The number of hydrogen-bond acceptors (Lipinski definition) is 3. The number of aromatic nitrogens is 2. The summed E-state index contributed by atoms with van der Waals surface area (Å²) in [7, 11) is 0. The van der Waals surface area contributed by atoms with E-state index in [1.807, 2.05) is 31.2 Å². The van der Waals surface area contributed by atoms with Crippen molar-refractivity contribution in [3.8, 4) is 0 Å². The van der Waals surface area contributed by atoms with Crippen LogP contribution in [0.4, 0.5) is 13.2 Å². The zero-order valence-electron chi connectivity index (χ0n) is 18.6. The van der Waals surface area contributed by atoms with E-state index >= 15 is 0 Å². The van der Waals surface area contributed by atoms with Crippen LogP contribution in [0.1, 0.15) is 60.2 Å². The molecule has 1 aliphatic heterocycles. The average Bonchev–Trinajstić information content (AvgIpc) is 3.14. The molecule has 1 aromatic heterocycles. The van der Waals surface area contributed by atoms with Crippen LogP contribution in [-0.2, 0) is 35.3 Å². The minimum absolute atomic E-state index is 0.0870. The fraction of sp³-hybridized carbons (Fsp3) is 0.542. The van der Waals surface area contributed by atoms with Crippen molar-refractivity contribution < 1.29 is 27.9 Å². The van der Waals surface area contributed by atoms with E-state index in [0.29, 0.717) is 37.8 Å². The third kappa shape index (κ3) is 5.23. The molecule has 33 heavy (non-hydrogen) atoms. The Morgan fingerprint density at radius 2 is 1.79 bits per heavy atom. The van der Waals surface area contributed by atoms with Gasteiger partial charge < -0.3 is 10.0 Å². The van der Waals surface area contributed by atoms with E-state index in [2.05, 4.69) is 5.10 Å². The molecule has 1 amide bonds. The molecule has 6 nitrogen and oxygen atoms in total. The average molecular weight is 464 g/mol. The molecule has 0 radical (unpaired) electrons. The number of aliphatic carboxylic acids is 1. The molecule has 1 aromatic carbocycles. The van der Waals surface area contributed by atoms with Gasteiger partial charge in [-0.2, -0.15) is 18.3 Å². The molecule has 0 bridgehead atoms. The largest absolute Gasteiger partial charge is 0.481 e. The fourth-order valence-corrected chi connectivity index (χ4v) is 4.91. The SMILES string of the molecule is Cc1ccc(Cn2nc(C(F)(F)F)c3c2CN(C(=O)C[C@H]2CC[C@H](C(=O)O)CC2)CC3)cc1. The van der Waals surface area contributed by atoms with Crippen molar-refractivity contribution in [2.24, 2.45) is 11.8 Å². The molecule has 0 saturated heterocycles. The first-order chi connectivity index (χ1) is 15.6. The maximum atomic E-state index is 13.6. The molecular weight excluding hydrogens is 435 g/mol. The Hall–Kier alpha value is -2.84. The van der Waals surface area contributed by atoms with Crippen LogP contribution in [0.3, 0.4) is 0 Å². The summed E-state index contributed by atoms with van der Waals surface area (Å²) in [5.41, 5.74) is 1.67. The second-order valence-corrected chi connectivity index (χ2v) is 9.24. The fourth-order valence-electron chi connectivity index (χ4n) is 4.91. The summed E-state index contributed by atoms with van der Waals surface area (Å²) in [5, 5.41) is 13.1. The molecule has 0 atom stereocenters. The van der Waals surface area contributed by atoms with Crippen molar-refractivity contribution in [1.82, 2.24) is 14.7 Å². The van der Waals surface area contributed by atoms with Gasteiger partial charge in [0.1, 0.15) is 0 Å². The first-order valence-electron chi connectivity index (χ1n) is 11.3. The van der Waals surface area contributed by atoms with Gasteiger partial charge >= 0.3 is 12.1 Å². The number of hydrogen-bond donors (Lipinski definition) is 1. The summed E-state index contributed by atoms with van der Waals surface area (Å²) < 4.78 is 42.3. The molecule has 9 heteroatoms. The lowest BCUT2D eigenvalue weighted by atomic mass is 9.80. The van der Waals surface area contributed by atoms with Gasteiger partial charge in [-0.25, -0.2) is 0 Å². The molecule has 2 aromatic rings. The lowest BCUT2D eigenvalue weighted by Crippen LogP contribution is -2.38. The normalized spacial score (nSPS) is 21.0. The van der Waals surface area contributed by atoms with Gasteiger partial charge in [0.25, 0.3) is 0 Å². The van der Waals surface area contributed by atoms with Crippen LogP contribution in [0.2, 0.25) is 0 Å². The summed E-state index contributed by atoms with van der Waals surface area (Å²) in [6.07, 6.45) is -1.62. The van der Waals surface area contributed by atoms with Crippen molar-refractivity contribution in [2.45, 2.75) is 64.7 Å². The van der Waals surface area contributed by atoms with Gasteiger partial charge in [-0.1, -0.05) is 29.8 Å². The smallest absolute Gasteiger partial charge is 0.435 e. The summed E-state index contributed by atoms with van der Waals surface area (Å²) in [4.78, 5) is 25.7. The second-order valence-electron chi connectivity index (χ2n) is 9.24. The number of carbonyl (C=O) groups excluding carboxylic acids is 1. The molecular formula is C24H28F3N3O3. The van der Waals surface area contributed by atoms with E-state index in [0.717, 1.165) is 11.1 Å². The van der Waals surface area contributed by atoms with Crippen LogP contribution in [0, 0.1) is 18.8 Å². The summed E-state index contributed by atoms with van der Waals surface area (Å²) in [6.45, 7) is 2.49. The molecule has 1 saturated carbocycles. The highest BCUT2D eigenvalue weighted by molar-refractivity contribution is 5.77. The van der Waals surface area contributed by atoms with Crippen LogP contribution in [0.15, 0.2) is 24.3 Å². The number of rotatable bonds is 5. The van der Waals surface area contributed by atoms with E-state index in [1.165, 1.54) is 4.68 Å². The third-order valence-electron chi connectivity index (χ3n) is 6.87. The van der Waals surface area contributed by atoms with Gasteiger partial charge in [0.05, 0.1) is 24.7 Å². The van der Waals surface area contributed by atoms with Gasteiger partial charge in [0.15, 0.2) is 5.69 Å². The summed E-state index contributed by atoms with van der Waals surface area (Å²) >= 11 is 0. The maximum Gasteiger partial charge on any atom is 0.435 e. The van der Waals surface area contributed by atoms with Gasteiger partial charge in [0.2, 0.25) is 5.91 Å². The molecule has 0 spiro atoms. The number of benzene rings is 1. The number of aryl methyl sites for hydroxylation is 1. The van der Waals surface area contributed by atoms with Crippen molar-refractivity contribution in [1.29, 1.82) is 0 Å². The topological polar surface area (TPSA) is 75.4 Å². The molecule has 0 unspecified atom stereocenters. The number of amides is 1. The second kappa shape index (κ2) is 9.19. The highest BCUT2D eigenvalue weighted by Gasteiger charge is 2.41. The standard InChI is InChI=1S/C24H28F3N3O3/c1-15-2-4-17(5-3-15)13-30-20-14-29(11-10-19(20)22(28-30)24(25,26)27)21(31)12-16-6-8-18(9-7-16)23(32)33/h2-5,16,18H,6-14H2,1H3,(H,32,33)/t16-,18-. The lowest BCUT2D eigenvalue weighted by Gasteiger charge is -2.31. The van der Waals surface area contributed by atoms with Gasteiger partial charge in [0, 0.05) is 18.5 Å². The molecule has 4 rings (SSSR count). The molecule has 2 heterocycles. The third-order valence-corrected chi connectivity index (χ3v) is 6.87. The lowest BCUT2D eigenvalue weighted by molar-refractivity contribution is -0.143. The van der Waals surface area contributed by atoms with Gasteiger partial charge in [-0.3, -0.25) is 14.3 Å². The predicted octanol–water partition coefficient (Wildman–Crippen LogP) is 4.42. The zero-order valence-corrected chi connectivity index (χ0v) is 18.6. The van der Waals surface area contributed by atoms with E-state index < -0.39 is 17.8 Å². The summed E-state index contributed by atoms with van der Waals surface area (Å²) in [5.74, 6) is -1.09. The van der Waals surface area contributed by atoms with Crippen molar-refractivity contribution in [3.63, 3.8) is 0 Å². The highest BCUT2D eigenvalue weighted by Crippen LogP contribution is 2.36. The number of halogens is 3. The van der Waals surface area contributed by atoms with E-state index in [-0.39, 0.29) is 49.4 Å².